The molecule has 27 heavy (non-hydrogen) atoms. The van der Waals surface area contributed by atoms with Crippen molar-refractivity contribution in [3.05, 3.63) is 78.1 Å². The molecule has 2 aromatic carbocycles. The van der Waals surface area contributed by atoms with E-state index in [2.05, 4.69) is 27.4 Å². The number of aromatic nitrogens is 2. The number of nitrogens with zero attached hydrogens (tertiary/aromatic N) is 1. The first-order valence-electron chi connectivity index (χ1n) is 8.64. The highest BCUT2D eigenvalue weighted by atomic mass is 32.2. The van der Waals surface area contributed by atoms with Crippen LogP contribution in [0.15, 0.2) is 71.9 Å². The van der Waals surface area contributed by atoms with Crippen LogP contribution in [0.25, 0.3) is 22.2 Å². The van der Waals surface area contributed by atoms with Crippen LogP contribution in [0.2, 0.25) is 0 Å². The highest BCUT2D eigenvalue weighted by molar-refractivity contribution is 7.90. The van der Waals surface area contributed by atoms with E-state index in [9.17, 15) is 8.42 Å². The van der Waals surface area contributed by atoms with Gasteiger partial charge in [-0.05, 0) is 35.4 Å². The van der Waals surface area contributed by atoms with Crippen molar-refractivity contribution in [2.24, 2.45) is 0 Å². The van der Waals surface area contributed by atoms with Crippen LogP contribution >= 0.6 is 0 Å². The molecule has 0 saturated heterocycles. The van der Waals surface area contributed by atoms with Crippen LogP contribution in [-0.2, 0) is 9.84 Å². The Morgan fingerprint density at radius 1 is 0.963 bits per heavy atom. The van der Waals surface area contributed by atoms with Crippen molar-refractivity contribution in [2.45, 2.75) is 10.9 Å². The molecule has 1 aliphatic rings. The molecular weight excluding hydrogens is 358 g/mol. The Morgan fingerprint density at radius 3 is 2.52 bits per heavy atom. The first-order valence-corrected chi connectivity index (χ1v) is 10.5. The number of hydrogen-bond donors (Lipinski definition) is 2. The summed E-state index contributed by atoms with van der Waals surface area (Å²) in [5.41, 5.74) is 6.24. The van der Waals surface area contributed by atoms with Gasteiger partial charge in [-0.2, -0.15) is 0 Å². The van der Waals surface area contributed by atoms with Crippen LogP contribution in [0.3, 0.4) is 0 Å². The van der Waals surface area contributed by atoms with E-state index in [0.29, 0.717) is 4.90 Å². The lowest BCUT2D eigenvalue weighted by atomic mass is 9.97. The summed E-state index contributed by atoms with van der Waals surface area (Å²) < 4.78 is 23.6. The summed E-state index contributed by atoms with van der Waals surface area (Å²) in [5, 5.41) is 4.72. The Hall–Kier alpha value is -3.12. The van der Waals surface area contributed by atoms with Crippen LogP contribution in [0, 0.1) is 0 Å². The van der Waals surface area contributed by atoms with Crippen molar-refractivity contribution >= 4 is 26.6 Å². The van der Waals surface area contributed by atoms with E-state index in [1.165, 1.54) is 6.26 Å². The van der Waals surface area contributed by atoms with Crippen LogP contribution in [0.4, 0.5) is 5.69 Å². The summed E-state index contributed by atoms with van der Waals surface area (Å²) in [7, 11) is -3.22. The van der Waals surface area contributed by atoms with Gasteiger partial charge in [-0.15, -0.1) is 0 Å². The van der Waals surface area contributed by atoms with Crippen LogP contribution in [-0.4, -0.2) is 24.6 Å². The van der Waals surface area contributed by atoms with Gasteiger partial charge in [0.05, 0.1) is 10.9 Å². The van der Waals surface area contributed by atoms with Crippen molar-refractivity contribution in [3.8, 4) is 11.1 Å². The molecule has 1 atom stereocenters. The molecule has 3 heterocycles. The fourth-order valence-electron chi connectivity index (χ4n) is 3.78. The minimum atomic E-state index is -3.22. The first kappa shape index (κ1) is 16.1. The number of H-pyrrole nitrogens is 1. The first-order chi connectivity index (χ1) is 13.0. The van der Waals surface area contributed by atoms with Gasteiger partial charge in [0.2, 0.25) is 0 Å². The second-order valence-corrected chi connectivity index (χ2v) is 8.81. The normalized spacial score (nSPS) is 15.8. The molecular formula is C21H17N3O2S. The Morgan fingerprint density at radius 2 is 1.74 bits per heavy atom. The number of sulfone groups is 1. The SMILES string of the molecule is CS(=O)(=O)c1ccc(C2Nc3ccccc3-c3ccnc4[nH]cc2c34)cc1. The fraction of sp³-hybridized carbons (Fsp3) is 0.0952. The molecule has 0 fully saturated rings. The molecule has 6 heteroatoms. The Labute approximate surface area is 157 Å². The maximum atomic E-state index is 11.8. The van der Waals surface area contributed by atoms with Gasteiger partial charge in [0, 0.05) is 40.8 Å². The number of anilines is 1. The van der Waals surface area contributed by atoms with E-state index in [-0.39, 0.29) is 6.04 Å². The number of nitrogens with one attached hydrogen (secondary N) is 2. The average molecular weight is 375 g/mol. The molecule has 0 amide bonds. The highest BCUT2D eigenvalue weighted by Gasteiger charge is 2.26. The van der Waals surface area contributed by atoms with E-state index < -0.39 is 9.84 Å². The molecule has 0 aliphatic carbocycles. The average Bonchev–Trinajstić information content (AvgIpc) is 3.03. The molecule has 5 rings (SSSR count). The maximum absolute atomic E-state index is 11.8. The van der Waals surface area contributed by atoms with Gasteiger partial charge in [-0.3, -0.25) is 0 Å². The van der Waals surface area contributed by atoms with E-state index in [1.807, 2.05) is 42.7 Å². The molecule has 2 aromatic heterocycles. The fourth-order valence-corrected chi connectivity index (χ4v) is 4.41. The topological polar surface area (TPSA) is 74.8 Å². The summed E-state index contributed by atoms with van der Waals surface area (Å²) in [6.45, 7) is 0. The van der Waals surface area contributed by atoms with E-state index in [1.54, 1.807) is 12.1 Å². The minimum Gasteiger partial charge on any atom is -0.374 e. The van der Waals surface area contributed by atoms with E-state index in [0.717, 1.165) is 39.0 Å². The van der Waals surface area contributed by atoms with Gasteiger partial charge in [0.25, 0.3) is 0 Å². The summed E-state index contributed by atoms with van der Waals surface area (Å²) in [6, 6.07) is 17.2. The van der Waals surface area contributed by atoms with Crippen LogP contribution in [0.5, 0.6) is 0 Å². The van der Waals surface area contributed by atoms with Crippen LogP contribution in [0.1, 0.15) is 17.2 Å². The quantitative estimate of drug-likeness (QED) is 0.552. The van der Waals surface area contributed by atoms with Gasteiger partial charge in [0.15, 0.2) is 9.84 Å². The van der Waals surface area contributed by atoms with Gasteiger partial charge in [-0.1, -0.05) is 30.3 Å². The van der Waals surface area contributed by atoms with Crippen molar-refractivity contribution in [1.29, 1.82) is 0 Å². The maximum Gasteiger partial charge on any atom is 0.175 e. The lowest BCUT2D eigenvalue weighted by Gasteiger charge is -2.19. The largest absolute Gasteiger partial charge is 0.374 e. The monoisotopic (exact) mass is 375 g/mol. The minimum absolute atomic E-state index is 0.112. The molecule has 1 aliphatic heterocycles. The number of aromatic amines is 1. The summed E-state index contributed by atoms with van der Waals surface area (Å²) in [6.07, 6.45) is 5.02. The zero-order chi connectivity index (χ0) is 18.6. The van der Waals surface area contributed by atoms with Gasteiger partial charge in [-0.25, -0.2) is 13.4 Å². The van der Waals surface area contributed by atoms with E-state index in [4.69, 9.17) is 0 Å². The number of rotatable bonds is 2. The summed E-state index contributed by atoms with van der Waals surface area (Å²) >= 11 is 0. The summed E-state index contributed by atoms with van der Waals surface area (Å²) in [5.74, 6) is 0. The molecule has 134 valence electrons. The van der Waals surface area contributed by atoms with Crippen LogP contribution < -0.4 is 5.32 Å². The van der Waals surface area contributed by atoms with Gasteiger partial charge in [0.1, 0.15) is 5.65 Å². The standard InChI is InChI=1S/C21H17N3O2S/c1-27(25,26)14-8-6-13(7-9-14)20-17-12-23-21-19(17)16(10-11-22-21)15-4-2-3-5-18(15)24-20/h2-12,20,24H,1H3,(H,22,23). The number of hydrogen-bond acceptors (Lipinski definition) is 4. The second kappa shape index (κ2) is 5.69. The third kappa shape index (κ3) is 2.52. The molecule has 0 spiro atoms. The van der Waals surface area contributed by atoms with E-state index >= 15 is 0 Å². The molecule has 2 N–H and O–H groups in total. The molecule has 0 bridgehead atoms. The molecule has 0 radical (unpaired) electrons. The Bertz CT molecular complexity index is 1270. The lowest BCUT2D eigenvalue weighted by Crippen LogP contribution is -2.11. The van der Waals surface area contributed by atoms with Crippen molar-refractivity contribution < 1.29 is 8.42 Å². The van der Waals surface area contributed by atoms with Crippen molar-refractivity contribution in [2.75, 3.05) is 11.6 Å². The predicted octanol–water partition coefficient (Wildman–Crippen LogP) is 4.15. The van der Waals surface area contributed by atoms with Gasteiger partial charge < -0.3 is 10.3 Å². The highest BCUT2D eigenvalue weighted by Crippen LogP contribution is 2.43. The number of para-hydroxylation sites is 1. The lowest BCUT2D eigenvalue weighted by molar-refractivity contribution is 0.602. The predicted molar refractivity (Wildman–Crippen MR) is 107 cm³/mol. The van der Waals surface area contributed by atoms with Gasteiger partial charge >= 0.3 is 0 Å². The Balaban J connectivity index is 1.74. The smallest absolute Gasteiger partial charge is 0.175 e. The molecule has 1 unspecified atom stereocenters. The number of pyridine rings is 1. The second-order valence-electron chi connectivity index (χ2n) is 6.79. The molecule has 4 aromatic rings. The zero-order valence-corrected chi connectivity index (χ0v) is 15.4. The number of benzene rings is 2. The van der Waals surface area contributed by atoms with Crippen molar-refractivity contribution in [1.82, 2.24) is 9.97 Å². The molecule has 0 saturated carbocycles. The molecule has 5 nitrogen and oxygen atoms in total. The third-order valence-electron chi connectivity index (χ3n) is 5.07. The Kier molecular flexibility index (Phi) is 3.39. The summed E-state index contributed by atoms with van der Waals surface area (Å²) in [4.78, 5) is 8.06. The van der Waals surface area contributed by atoms with Crippen molar-refractivity contribution in [3.63, 3.8) is 0 Å². The third-order valence-corrected chi connectivity index (χ3v) is 6.20. The zero-order valence-electron chi connectivity index (χ0n) is 14.6. The number of fused-ring (bicyclic) bond motifs is 2.